The zero-order valence-corrected chi connectivity index (χ0v) is 15.7. The number of aliphatic hydroxyl groups excluding tert-OH is 1. The van der Waals surface area contributed by atoms with Gasteiger partial charge < -0.3 is 9.84 Å². The first-order valence-corrected chi connectivity index (χ1v) is 12.1. The molecule has 0 amide bonds. The van der Waals surface area contributed by atoms with Gasteiger partial charge >= 0.3 is 0 Å². The van der Waals surface area contributed by atoms with E-state index >= 15 is 0 Å². The molecule has 0 bridgehead atoms. The van der Waals surface area contributed by atoms with Crippen LogP contribution in [0.3, 0.4) is 0 Å². The average Bonchev–Trinajstić information content (AvgIpc) is 2.59. The fourth-order valence-corrected chi connectivity index (χ4v) is 6.48. The highest BCUT2D eigenvalue weighted by Crippen LogP contribution is 2.28. The van der Waals surface area contributed by atoms with Crippen molar-refractivity contribution in [2.24, 2.45) is 5.92 Å². The second-order valence-corrected chi connectivity index (χ2v) is 12.4. The maximum absolute atomic E-state index is 10.6. The molecule has 3 atom stereocenters. The Morgan fingerprint density at radius 1 is 1.00 bits per heavy atom. The van der Waals surface area contributed by atoms with Crippen molar-refractivity contribution in [3.05, 3.63) is 66.2 Å². The van der Waals surface area contributed by atoms with Crippen LogP contribution in [0.1, 0.15) is 12.0 Å². The van der Waals surface area contributed by atoms with E-state index in [4.69, 9.17) is 4.74 Å². The molecule has 3 heteroatoms. The molecule has 0 spiro atoms. The summed E-state index contributed by atoms with van der Waals surface area (Å²) in [7, 11) is -1.53. The Balaban J connectivity index is 1.57. The van der Waals surface area contributed by atoms with Crippen molar-refractivity contribution in [3.8, 4) is 0 Å². The Hall–Kier alpha value is -1.42. The third kappa shape index (κ3) is 4.35. The van der Waals surface area contributed by atoms with Gasteiger partial charge in [-0.15, -0.1) is 0 Å². The van der Waals surface area contributed by atoms with Gasteiger partial charge in [0.15, 0.2) is 0 Å². The molecule has 2 aromatic rings. The van der Waals surface area contributed by atoms with Gasteiger partial charge in [0.05, 0.1) is 26.9 Å². The van der Waals surface area contributed by atoms with Gasteiger partial charge in [-0.3, -0.25) is 0 Å². The summed E-state index contributed by atoms with van der Waals surface area (Å²) < 4.78 is 6.17. The van der Waals surface area contributed by atoms with Crippen molar-refractivity contribution in [2.45, 2.75) is 44.2 Å². The van der Waals surface area contributed by atoms with Gasteiger partial charge in [0.2, 0.25) is 0 Å². The topological polar surface area (TPSA) is 29.5 Å². The molecular formula is C21H28O2Si. The molecule has 24 heavy (non-hydrogen) atoms. The van der Waals surface area contributed by atoms with E-state index in [9.17, 15) is 5.11 Å². The van der Waals surface area contributed by atoms with E-state index in [2.05, 4.69) is 67.7 Å². The van der Waals surface area contributed by atoms with Crippen LogP contribution in [-0.4, -0.2) is 32.0 Å². The molecule has 3 rings (SSSR count). The zero-order valence-electron chi connectivity index (χ0n) is 14.7. The predicted molar refractivity (Wildman–Crippen MR) is 102 cm³/mol. The molecule has 0 aromatic heterocycles. The first-order chi connectivity index (χ1) is 11.5. The van der Waals surface area contributed by atoms with Crippen molar-refractivity contribution in [1.29, 1.82) is 0 Å². The van der Waals surface area contributed by atoms with Crippen molar-refractivity contribution >= 4 is 13.3 Å². The van der Waals surface area contributed by atoms with Crippen LogP contribution in [0, 0.1) is 5.92 Å². The first-order valence-electron chi connectivity index (χ1n) is 8.94. The number of ether oxygens (including phenoxy) is 1. The summed E-state index contributed by atoms with van der Waals surface area (Å²) in [4.78, 5) is 0. The van der Waals surface area contributed by atoms with E-state index in [0.29, 0.717) is 6.61 Å². The summed E-state index contributed by atoms with van der Waals surface area (Å²) in [6, 6.07) is 22.3. The molecule has 1 aliphatic heterocycles. The molecule has 1 aliphatic rings. The van der Waals surface area contributed by atoms with Gasteiger partial charge in [-0.2, -0.15) is 0 Å². The number of hydrogen-bond acceptors (Lipinski definition) is 2. The summed E-state index contributed by atoms with van der Waals surface area (Å²) in [6.07, 6.45) is 1.59. The van der Waals surface area contributed by atoms with Crippen LogP contribution >= 0.6 is 0 Å². The van der Waals surface area contributed by atoms with E-state index in [0.717, 1.165) is 18.9 Å². The lowest BCUT2D eigenvalue weighted by Crippen LogP contribution is -2.47. The molecule has 1 fully saturated rings. The maximum Gasteiger partial charge on any atom is 0.0831 e. The molecule has 2 aromatic carbocycles. The van der Waals surface area contributed by atoms with Crippen LogP contribution in [0.5, 0.6) is 0 Å². The third-order valence-corrected chi connectivity index (χ3v) is 8.60. The average molecular weight is 341 g/mol. The third-order valence-electron chi connectivity index (χ3n) is 5.23. The maximum atomic E-state index is 10.6. The van der Waals surface area contributed by atoms with E-state index in [1.54, 1.807) is 0 Å². The fourth-order valence-electron chi connectivity index (χ4n) is 3.73. The van der Waals surface area contributed by atoms with Gasteiger partial charge in [-0.05, 0) is 24.4 Å². The van der Waals surface area contributed by atoms with Gasteiger partial charge in [-0.1, -0.05) is 78.9 Å². The van der Waals surface area contributed by atoms with E-state index in [1.165, 1.54) is 10.8 Å². The molecule has 0 radical (unpaired) electrons. The van der Waals surface area contributed by atoms with Crippen LogP contribution in [0.15, 0.2) is 60.7 Å². The summed E-state index contributed by atoms with van der Waals surface area (Å²) in [5.74, 6) is 0.213. The Morgan fingerprint density at radius 3 is 2.25 bits per heavy atom. The lowest BCUT2D eigenvalue weighted by molar-refractivity contribution is -0.0754. The molecule has 0 saturated carbocycles. The minimum atomic E-state index is -1.53. The normalized spacial score (nSPS) is 24.7. The highest BCUT2D eigenvalue weighted by molar-refractivity contribution is 6.89. The SMILES string of the molecule is C[Si](C)(C[C@H]1C[C@@H](O)[C@@H](Cc2ccccc2)CO1)c1ccccc1. The lowest BCUT2D eigenvalue weighted by Gasteiger charge is -2.37. The summed E-state index contributed by atoms with van der Waals surface area (Å²) in [6.45, 7) is 5.46. The zero-order chi connectivity index (χ0) is 17.0. The number of aliphatic hydroxyl groups is 1. The molecule has 0 aliphatic carbocycles. The van der Waals surface area contributed by atoms with Crippen LogP contribution < -0.4 is 5.19 Å². The molecular weight excluding hydrogens is 312 g/mol. The predicted octanol–water partition coefficient (Wildman–Crippen LogP) is 3.61. The quantitative estimate of drug-likeness (QED) is 0.843. The van der Waals surface area contributed by atoms with Gasteiger partial charge in [0, 0.05) is 5.92 Å². The smallest absolute Gasteiger partial charge is 0.0831 e. The Bertz CT molecular complexity index is 627. The van der Waals surface area contributed by atoms with Crippen molar-refractivity contribution in [3.63, 3.8) is 0 Å². The fraction of sp³-hybridized carbons (Fsp3) is 0.429. The summed E-state index contributed by atoms with van der Waals surface area (Å²) in [5.41, 5.74) is 1.28. The molecule has 1 N–H and O–H groups in total. The summed E-state index contributed by atoms with van der Waals surface area (Å²) >= 11 is 0. The van der Waals surface area contributed by atoms with Gasteiger partial charge in [0.25, 0.3) is 0 Å². The largest absolute Gasteiger partial charge is 0.393 e. The van der Waals surface area contributed by atoms with E-state index in [1.807, 2.05) is 6.07 Å². The minimum Gasteiger partial charge on any atom is -0.393 e. The highest BCUT2D eigenvalue weighted by Gasteiger charge is 2.34. The minimum absolute atomic E-state index is 0.189. The molecule has 2 nitrogen and oxygen atoms in total. The lowest BCUT2D eigenvalue weighted by atomic mass is 9.89. The van der Waals surface area contributed by atoms with Crippen LogP contribution in [0.2, 0.25) is 19.1 Å². The Morgan fingerprint density at radius 2 is 1.62 bits per heavy atom. The van der Waals surface area contributed by atoms with Crippen LogP contribution in [0.4, 0.5) is 0 Å². The van der Waals surface area contributed by atoms with Gasteiger partial charge in [-0.25, -0.2) is 0 Å². The standard InChI is InChI=1S/C21H28O2Si/c1-24(2,20-11-7-4-8-12-20)16-19-14-21(22)18(15-23-19)13-17-9-5-3-6-10-17/h3-12,18-19,21-22H,13-16H2,1-2H3/t18-,19+,21+/m0/s1. The number of hydrogen-bond donors (Lipinski definition) is 1. The molecule has 1 saturated heterocycles. The Labute approximate surface area is 146 Å². The number of rotatable bonds is 5. The highest BCUT2D eigenvalue weighted by atomic mass is 28.3. The van der Waals surface area contributed by atoms with Crippen molar-refractivity contribution < 1.29 is 9.84 Å². The monoisotopic (exact) mass is 340 g/mol. The second-order valence-electron chi connectivity index (χ2n) is 7.66. The summed E-state index contributed by atoms with van der Waals surface area (Å²) in [5, 5.41) is 12.1. The molecule has 1 heterocycles. The van der Waals surface area contributed by atoms with Crippen LogP contribution in [-0.2, 0) is 11.2 Å². The number of benzene rings is 2. The molecule has 0 unspecified atom stereocenters. The van der Waals surface area contributed by atoms with E-state index in [-0.39, 0.29) is 18.1 Å². The second kappa shape index (κ2) is 7.64. The molecule has 128 valence electrons. The first kappa shape index (κ1) is 17.4. The van der Waals surface area contributed by atoms with Gasteiger partial charge in [0.1, 0.15) is 0 Å². The van der Waals surface area contributed by atoms with Crippen LogP contribution in [0.25, 0.3) is 0 Å². The van der Waals surface area contributed by atoms with Crippen molar-refractivity contribution in [2.75, 3.05) is 6.61 Å². The Kier molecular flexibility index (Phi) is 5.54. The van der Waals surface area contributed by atoms with Crippen molar-refractivity contribution in [1.82, 2.24) is 0 Å². The van der Waals surface area contributed by atoms with E-state index < -0.39 is 8.07 Å².